The third-order valence-corrected chi connectivity index (χ3v) is 2.55. The Morgan fingerprint density at radius 3 is 3.19 bits per heavy atom. The first-order valence-electron chi connectivity index (χ1n) is 5.29. The van der Waals surface area contributed by atoms with Gasteiger partial charge in [0.05, 0.1) is 12.3 Å². The fourth-order valence-corrected chi connectivity index (χ4v) is 1.68. The summed E-state index contributed by atoms with van der Waals surface area (Å²) in [5.74, 6) is 0.0392. The number of nitrogens with zero attached hydrogens (tertiary/aromatic N) is 2. The van der Waals surface area contributed by atoms with E-state index in [4.69, 9.17) is 10.5 Å². The van der Waals surface area contributed by atoms with E-state index < -0.39 is 0 Å². The van der Waals surface area contributed by atoms with Crippen LogP contribution < -0.4 is 5.73 Å². The van der Waals surface area contributed by atoms with Crippen molar-refractivity contribution in [2.45, 2.75) is 13.1 Å². The summed E-state index contributed by atoms with van der Waals surface area (Å²) in [6.07, 6.45) is 1.72. The summed E-state index contributed by atoms with van der Waals surface area (Å²) in [6, 6.07) is 3.84. The zero-order valence-corrected chi connectivity index (χ0v) is 9.06. The second-order valence-corrected chi connectivity index (χ2v) is 3.73. The van der Waals surface area contributed by atoms with Gasteiger partial charge in [-0.25, -0.2) is 0 Å². The van der Waals surface area contributed by atoms with E-state index in [0.29, 0.717) is 26.2 Å². The molecule has 0 aromatic carbocycles. The SMILES string of the molecule is NCc1cc(CN2CCOCC2=O)ccn1. The average Bonchev–Trinajstić information content (AvgIpc) is 2.32. The number of carbonyl (C=O) groups is 1. The largest absolute Gasteiger partial charge is 0.370 e. The summed E-state index contributed by atoms with van der Waals surface area (Å²) >= 11 is 0. The molecule has 5 nitrogen and oxygen atoms in total. The van der Waals surface area contributed by atoms with Crippen molar-refractivity contribution in [3.05, 3.63) is 29.6 Å². The Morgan fingerprint density at radius 2 is 2.44 bits per heavy atom. The van der Waals surface area contributed by atoms with E-state index >= 15 is 0 Å². The predicted octanol–water partition coefficient (Wildman–Crippen LogP) is -0.101. The van der Waals surface area contributed by atoms with Gasteiger partial charge in [0, 0.05) is 25.8 Å². The quantitative estimate of drug-likeness (QED) is 0.774. The molecule has 2 rings (SSSR count). The normalized spacial score (nSPS) is 16.6. The molecule has 0 atom stereocenters. The summed E-state index contributed by atoms with van der Waals surface area (Å²) in [5, 5.41) is 0. The average molecular weight is 221 g/mol. The molecule has 0 unspecified atom stereocenters. The van der Waals surface area contributed by atoms with Gasteiger partial charge in [0.15, 0.2) is 0 Å². The van der Waals surface area contributed by atoms with Gasteiger partial charge >= 0.3 is 0 Å². The number of hydrogen-bond donors (Lipinski definition) is 1. The number of hydrogen-bond acceptors (Lipinski definition) is 4. The first-order valence-corrected chi connectivity index (χ1v) is 5.29. The minimum absolute atomic E-state index is 0.0392. The smallest absolute Gasteiger partial charge is 0.248 e. The highest BCUT2D eigenvalue weighted by Gasteiger charge is 2.18. The van der Waals surface area contributed by atoms with E-state index in [2.05, 4.69) is 4.98 Å². The van der Waals surface area contributed by atoms with Crippen molar-refractivity contribution in [3.63, 3.8) is 0 Å². The second-order valence-electron chi connectivity index (χ2n) is 3.73. The first-order chi connectivity index (χ1) is 7.79. The molecule has 2 N–H and O–H groups in total. The molecule has 1 aliphatic rings. The van der Waals surface area contributed by atoms with Crippen LogP contribution in [0.1, 0.15) is 11.3 Å². The van der Waals surface area contributed by atoms with Crippen molar-refractivity contribution >= 4 is 5.91 Å². The van der Waals surface area contributed by atoms with Crippen LogP contribution in [0.4, 0.5) is 0 Å². The Kier molecular flexibility index (Phi) is 3.48. The van der Waals surface area contributed by atoms with Crippen LogP contribution in [0, 0.1) is 0 Å². The van der Waals surface area contributed by atoms with Crippen LogP contribution in [0.5, 0.6) is 0 Å². The highest BCUT2D eigenvalue weighted by atomic mass is 16.5. The maximum atomic E-state index is 11.5. The molecule has 1 aliphatic heterocycles. The Bertz CT molecular complexity index is 381. The highest BCUT2D eigenvalue weighted by Crippen LogP contribution is 2.08. The molecule has 1 aromatic heterocycles. The van der Waals surface area contributed by atoms with Gasteiger partial charge < -0.3 is 15.4 Å². The molecule has 0 bridgehead atoms. The van der Waals surface area contributed by atoms with Gasteiger partial charge in [0.2, 0.25) is 5.91 Å². The van der Waals surface area contributed by atoms with Gasteiger partial charge in [0.1, 0.15) is 6.61 Å². The number of aromatic nitrogens is 1. The van der Waals surface area contributed by atoms with E-state index in [1.165, 1.54) is 0 Å². The molecular weight excluding hydrogens is 206 g/mol. The van der Waals surface area contributed by atoms with Crippen LogP contribution in [-0.2, 0) is 22.6 Å². The van der Waals surface area contributed by atoms with Crippen molar-refractivity contribution in [2.24, 2.45) is 5.73 Å². The monoisotopic (exact) mass is 221 g/mol. The zero-order valence-electron chi connectivity index (χ0n) is 9.06. The highest BCUT2D eigenvalue weighted by molar-refractivity contribution is 5.77. The number of ether oxygens (including phenoxy) is 1. The topological polar surface area (TPSA) is 68.4 Å². The van der Waals surface area contributed by atoms with Gasteiger partial charge in [0.25, 0.3) is 0 Å². The van der Waals surface area contributed by atoms with Crippen LogP contribution in [0.2, 0.25) is 0 Å². The summed E-state index contributed by atoms with van der Waals surface area (Å²) in [5.41, 5.74) is 7.42. The minimum Gasteiger partial charge on any atom is -0.370 e. The Morgan fingerprint density at radius 1 is 1.56 bits per heavy atom. The van der Waals surface area contributed by atoms with Crippen molar-refractivity contribution in [3.8, 4) is 0 Å². The van der Waals surface area contributed by atoms with E-state index in [-0.39, 0.29) is 12.5 Å². The Labute approximate surface area is 94.2 Å². The lowest BCUT2D eigenvalue weighted by Gasteiger charge is -2.26. The van der Waals surface area contributed by atoms with E-state index in [9.17, 15) is 4.79 Å². The Hall–Kier alpha value is -1.46. The van der Waals surface area contributed by atoms with Crippen LogP contribution >= 0.6 is 0 Å². The molecule has 0 spiro atoms. The number of carbonyl (C=O) groups excluding carboxylic acids is 1. The summed E-state index contributed by atoms with van der Waals surface area (Å²) in [6.45, 7) is 2.48. The molecule has 0 aliphatic carbocycles. The fraction of sp³-hybridized carbons (Fsp3) is 0.455. The number of amides is 1. The van der Waals surface area contributed by atoms with Crippen LogP contribution in [0.25, 0.3) is 0 Å². The van der Waals surface area contributed by atoms with E-state index in [1.54, 1.807) is 11.1 Å². The van der Waals surface area contributed by atoms with Crippen molar-refractivity contribution in [2.75, 3.05) is 19.8 Å². The van der Waals surface area contributed by atoms with Gasteiger partial charge in [-0.3, -0.25) is 9.78 Å². The molecule has 0 radical (unpaired) electrons. The van der Waals surface area contributed by atoms with Gasteiger partial charge in [-0.2, -0.15) is 0 Å². The van der Waals surface area contributed by atoms with Crippen molar-refractivity contribution in [1.82, 2.24) is 9.88 Å². The molecule has 0 saturated carbocycles. The third-order valence-electron chi connectivity index (χ3n) is 2.55. The third kappa shape index (κ3) is 2.56. The fourth-order valence-electron chi connectivity index (χ4n) is 1.68. The van der Waals surface area contributed by atoms with E-state index in [0.717, 1.165) is 11.3 Å². The summed E-state index contributed by atoms with van der Waals surface area (Å²) in [4.78, 5) is 17.4. The lowest BCUT2D eigenvalue weighted by molar-refractivity contribution is -0.143. The molecule has 1 fully saturated rings. The van der Waals surface area contributed by atoms with Crippen molar-refractivity contribution < 1.29 is 9.53 Å². The van der Waals surface area contributed by atoms with Crippen molar-refractivity contribution in [1.29, 1.82) is 0 Å². The van der Waals surface area contributed by atoms with E-state index in [1.807, 2.05) is 12.1 Å². The summed E-state index contributed by atoms with van der Waals surface area (Å²) in [7, 11) is 0. The Balaban J connectivity index is 2.04. The number of rotatable bonds is 3. The van der Waals surface area contributed by atoms with Crippen LogP contribution in [-0.4, -0.2) is 35.5 Å². The number of nitrogens with two attached hydrogens (primary N) is 1. The standard InChI is InChI=1S/C11H15N3O2/c12-6-10-5-9(1-2-13-10)7-14-3-4-16-8-11(14)15/h1-2,5H,3-4,6-8,12H2. The van der Waals surface area contributed by atoms with Gasteiger partial charge in [-0.05, 0) is 17.7 Å². The number of pyridine rings is 1. The maximum absolute atomic E-state index is 11.5. The minimum atomic E-state index is 0.0392. The molecule has 1 amide bonds. The molecule has 5 heteroatoms. The second kappa shape index (κ2) is 5.05. The van der Waals surface area contributed by atoms with Gasteiger partial charge in [-0.1, -0.05) is 0 Å². The molecule has 16 heavy (non-hydrogen) atoms. The van der Waals surface area contributed by atoms with Crippen LogP contribution in [0.15, 0.2) is 18.3 Å². The lowest BCUT2D eigenvalue weighted by Crippen LogP contribution is -2.40. The molecule has 86 valence electrons. The predicted molar refractivity (Wildman–Crippen MR) is 58.4 cm³/mol. The molecule has 1 saturated heterocycles. The molecular formula is C11H15N3O2. The summed E-state index contributed by atoms with van der Waals surface area (Å²) < 4.78 is 5.07. The lowest BCUT2D eigenvalue weighted by atomic mass is 10.2. The molecule has 1 aromatic rings. The zero-order chi connectivity index (χ0) is 11.4. The first kappa shape index (κ1) is 11.0. The van der Waals surface area contributed by atoms with Crippen LogP contribution in [0.3, 0.4) is 0 Å². The molecule has 2 heterocycles. The van der Waals surface area contributed by atoms with Gasteiger partial charge in [-0.15, -0.1) is 0 Å². The maximum Gasteiger partial charge on any atom is 0.248 e. The number of morpholine rings is 1.